The van der Waals surface area contributed by atoms with E-state index in [0.717, 1.165) is 31.4 Å². The molecule has 3 rings (SSSR count). The van der Waals surface area contributed by atoms with Gasteiger partial charge in [-0.05, 0) is 59.8 Å². The summed E-state index contributed by atoms with van der Waals surface area (Å²) >= 11 is 11.9. The Morgan fingerprint density at radius 2 is 2.06 bits per heavy atom. The van der Waals surface area contributed by atoms with Gasteiger partial charge in [-0.2, -0.15) is 0 Å². The minimum atomic E-state index is 0.516. The molecule has 17 heavy (non-hydrogen) atoms. The van der Waals surface area contributed by atoms with Crippen molar-refractivity contribution in [1.82, 2.24) is 13.8 Å². The highest BCUT2D eigenvalue weighted by molar-refractivity contribution is 6.28. The molecule has 3 nitrogen and oxygen atoms in total. The summed E-state index contributed by atoms with van der Waals surface area (Å²) in [6.45, 7) is 1.91. The van der Waals surface area contributed by atoms with Gasteiger partial charge in [0.25, 0.3) is 0 Å². The second kappa shape index (κ2) is 4.48. The Morgan fingerprint density at radius 1 is 1.29 bits per heavy atom. The maximum Gasteiger partial charge on any atom is 0.207 e. The second-order valence-corrected chi connectivity index (χ2v) is 5.28. The fourth-order valence-electron chi connectivity index (χ4n) is 2.42. The third-order valence-corrected chi connectivity index (χ3v) is 4.04. The molecule has 0 radical (unpaired) electrons. The first kappa shape index (κ1) is 11.3. The van der Waals surface area contributed by atoms with Crippen LogP contribution >= 0.6 is 23.4 Å². The standard InChI is InChI=1S/C12H13Cl2N3/c13-12-15-8-11-7-10(3-6-17(11)12)9-1-4-16(14)5-2-9/h3,6-9H,1-2,4-5H2. The van der Waals surface area contributed by atoms with E-state index in [1.165, 1.54) is 5.56 Å². The molecule has 0 aromatic carbocycles. The molecule has 0 unspecified atom stereocenters. The lowest BCUT2D eigenvalue weighted by atomic mass is 9.91. The van der Waals surface area contributed by atoms with Crippen LogP contribution in [0.15, 0.2) is 24.5 Å². The average Bonchev–Trinajstić information content (AvgIpc) is 2.72. The molecule has 0 amide bonds. The molecule has 1 aliphatic heterocycles. The number of nitrogens with zero attached hydrogens (tertiary/aromatic N) is 3. The summed E-state index contributed by atoms with van der Waals surface area (Å²) in [6.07, 6.45) is 6.03. The average molecular weight is 270 g/mol. The Hall–Kier alpha value is -0.770. The van der Waals surface area contributed by atoms with Gasteiger partial charge in [0.2, 0.25) is 5.28 Å². The molecule has 2 aromatic heterocycles. The number of aromatic nitrogens is 2. The number of hydrogen-bond acceptors (Lipinski definition) is 2. The lowest BCUT2D eigenvalue weighted by molar-refractivity contribution is 0.336. The summed E-state index contributed by atoms with van der Waals surface area (Å²) in [6, 6.07) is 4.31. The SMILES string of the molecule is Clc1ncc2cc(C3CCN(Cl)CC3)ccn12. The van der Waals surface area contributed by atoms with Gasteiger partial charge in [0.05, 0.1) is 11.7 Å². The first-order valence-electron chi connectivity index (χ1n) is 5.77. The van der Waals surface area contributed by atoms with Crippen LogP contribution in [0.2, 0.25) is 5.28 Å². The maximum atomic E-state index is 5.97. The number of pyridine rings is 1. The van der Waals surface area contributed by atoms with E-state index in [9.17, 15) is 0 Å². The van der Waals surface area contributed by atoms with Crippen molar-refractivity contribution in [3.63, 3.8) is 0 Å². The van der Waals surface area contributed by atoms with Crippen LogP contribution in [0, 0.1) is 0 Å². The van der Waals surface area contributed by atoms with Gasteiger partial charge in [-0.3, -0.25) is 4.40 Å². The van der Waals surface area contributed by atoms with Crippen LogP contribution in [-0.4, -0.2) is 26.9 Å². The van der Waals surface area contributed by atoms with Gasteiger partial charge in [-0.15, -0.1) is 0 Å². The molecule has 0 saturated carbocycles. The Labute approximate surface area is 110 Å². The van der Waals surface area contributed by atoms with Crippen LogP contribution in [0.4, 0.5) is 0 Å². The zero-order chi connectivity index (χ0) is 11.8. The van der Waals surface area contributed by atoms with Crippen LogP contribution < -0.4 is 0 Å². The molecule has 1 fully saturated rings. The number of rotatable bonds is 1. The first-order valence-corrected chi connectivity index (χ1v) is 6.49. The summed E-state index contributed by atoms with van der Waals surface area (Å²) < 4.78 is 3.76. The number of hydrogen-bond donors (Lipinski definition) is 0. The molecule has 2 aromatic rings. The monoisotopic (exact) mass is 269 g/mol. The van der Waals surface area contributed by atoms with E-state index in [2.05, 4.69) is 17.1 Å². The third kappa shape index (κ3) is 2.15. The molecule has 0 bridgehead atoms. The van der Waals surface area contributed by atoms with E-state index >= 15 is 0 Å². The van der Waals surface area contributed by atoms with E-state index in [1.54, 1.807) is 0 Å². The molecule has 0 spiro atoms. The molecule has 0 atom stereocenters. The Balaban J connectivity index is 1.90. The van der Waals surface area contributed by atoms with Gasteiger partial charge >= 0.3 is 0 Å². The summed E-state index contributed by atoms with van der Waals surface area (Å²) in [7, 11) is 0. The van der Waals surface area contributed by atoms with Crippen LogP contribution in [-0.2, 0) is 0 Å². The number of imidazole rings is 1. The number of halogens is 2. The van der Waals surface area contributed by atoms with Crippen molar-refractivity contribution < 1.29 is 0 Å². The van der Waals surface area contributed by atoms with E-state index in [-0.39, 0.29) is 0 Å². The van der Waals surface area contributed by atoms with Gasteiger partial charge < -0.3 is 0 Å². The highest BCUT2D eigenvalue weighted by Gasteiger charge is 2.19. The lowest BCUT2D eigenvalue weighted by Gasteiger charge is -2.27. The summed E-state index contributed by atoms with van der Waals surface area (Å²) in [4.78, 5) is 4.09. The van der Waals surface area contributed by atoms with Crippen molar-refractivity contribution in [2.24, 2.45) is 0 Å². The van der Waals surface area contributed by atoms with E-state index < -0.39 is 0 Å². The topological polar surface area (TPSA) is 20.5 Å². The molecule has 0 N–H and O–H groups in total. The quantitative estimate of drug-likeness (QED) is 0.741. The van der Waals surface area contributed by atoms with Gasteiger partial charge in [0.1, 0.15) is 0 Å². The van der Waals surface area contributed by atoms with E-state index in [0.29, 0.717) is 11.2 Å². The minimum Gasteiger partial charge on any atom is -0.291 e. The van der Waals surface area contributed by atoms with Crippen LogP contribution in [0.5, 0.6) is 0 Å². The Morgan fingerprint density at radius 3 is 2.82 bits per heavy atom. The van der Waals surface area contributed by atoms with Crippen molar-refractivity contribution in [2.75, 3.05) is 13.1 Å². The number of piperidine rings is 1. The van der Waals surface area contributed by atoms with Crippen molar-refractivity contribution in [3.05, 3.63) is 35.4 Å². The molecular weight excluding hydrogens is 257 g/mol. The zero-order valence-electron chi connectivity index (χ0n) is 9.31. The van der Waals surface area contributed by atoms with Gasteiger partial charge in [0, 0.05) is 19.3 Å². The van der Waals surface area contributed by atoms with E-state index in [4.69, 9.17) is 23.4 Å². The van der Waals surface area contributed by atoms with Crippen molar-refractivity contribution in [2.45, 2.75) is 18.8 Å². The van der Waals surface area contributed by atoms with Crippen molar-refractivity contribution in [3.8, 4) is 0 Å². The fraction of sp³-hybridized carbons (Fsp3) is 0.417. The third-order valence-electron chi connectivity index (χ3n) is 3.42. The summed E-state index contributed by atoms with van der Waals surface area (Å²) in [5, 5.41) is 0.516. The van der Waals surface area contributed by atoms with E-state index in [1.807, 2.05) is 21.2 Å². The van der Waals surface area contributed by atoms with Crippen molar-refractivity contribution in [1.29, 1.82) is 0 Å². The minimum absolute atomic E-state index is 0.516. The van der Waals surface area contributed by atoms with Crippen LogP contribution in [0.3, 0.4) is 0 Å². The molecular formula is C12H13Cl2N3. The van der Waals surface area contributed by atoms with Gasteiger partial charge in [-0.25, -0.2) is 9.40 Å². The second-order valence-electron chi connectivity index (χ2n) is 4.47. The zero-order valence-corrected chi connectivity index (χ0v) is 10.8. The van der Waals surface area contributed by atoms with Crippen molar-refractivity contribution >= 4 is 28.9 Å². The first-order chi connectivity index (χ1) is 8.24. The van der Waals surface area contributed by atoms with Gasteiger partial charge in [0.15, 0.2) is 0 Å². The molecule has 0 aliphatic carbocycles. The highest BCUT2D eigenvalue weighted by atomic mass is 35.5. The largest absolute Gasteiger partial charge is 0.291 e. The maximum absolute atomic E-state index is 5.97. The highest BCUT2D eigenvalue weighted by Crippen LogP contribution is 2.29. The fourth-order valence-corrected chi connectivity index (χ4v) is 2.82. The summed E-state index contributed by atoms with van der Waals surface area (Å²) in [5.41, 5.74) is 2.42. The smallest absolute Gasteiger partial charge is 0.207 e. The molecule has 1 aliphatic rings. The molecule has 1 saturated heterocycles. The van der Waals surface area contributed by atoms with Crippen LogP contribution in [0.25, 0.3) is 5.52 Å². The predicted octanol–water partition coefficient (Wildman–Crippen LogP) is 3.32. The van der Waals surface area contributed by atoms with Crippen LogP contribution in [0.1, 0.15) is 24.3 Å². The predicted molar refractivity (Wildman–Crippen MR) is 69.6 cm³/mol. The molecule has 90 valence electrons. The lowest BCUT2D eigenvalue weighted by Crippen LogP contribution is -2.25. The number of fused-ring (bicyclic) bond motifs is 1. The Kier molecular flexibility index (Phi) is 2.99. The Bertz CT molecular complexity index is 530. The normalized spacial score (nSPS) is 18.9. The molecule has 3 heterocycles. The molecule has 5 heteroatoms. The van der Waals surface area contributed by atoms with Gasteiger partial charge in [-0.1, -0.05) is 0 Å². The summed E-state index contributed by atoms with van der Waals surface area (Å²) in [5.74, 6) is 0.601.